The summed E-state index contributed by atoms with van der Waals surface area (Å²) in [5, 5.41) is 2.77. The second-order valence-corrected chi connectivity index (χ2v) is 7.64. The molecule has 24 heavy (non-hydrogen) atoms. The number of nitrogens with one attached hydrogen (secondary N) is 1. The van der Waals surface area contributed by atoms with Gasteiger partial charge in [-0.25, -0.2) is 8.42 Å². The van der Waals surface area contributed by atoms with E-state index in [9.17, 15) is 22.0 Å². The highest BCUT2D eigenvalue weighted by Gasteiger charge is 2.36. The zero-order valence-corrected chi connectivity index (χ0v) is 14.2. The maximum Gasteiger partial charge on any atom is 0.387 e. The lowest BCUT2D eigenvalue weighted by atomic mass is 10.1. The number of ether oxygens (including phenoxy) is 1. The van der Waals surface area contributed by atoms with Crippen molar-refractivity contribution >= 4 is 15.9 Å². The lowest BCUT2D eigenvalue weighted by Crippen LogP contribution is -2.46. The Balaban J connectivity index is 2.01. The lowest BCUT2D eigenvalue weighted by molar-refractivity contribution is -0.124. The van der Waals surface area contributed by atoms with Crippen LogP contribution in [0.2, 0.25) is 0 Å². The Morgan fingerprint density at radius 3 is 2.50 bits per heavy atom. The van der Waals surface area contributed by atoms with Crippen LogP contribution >= 0.6 is 0 Å². The van der Waals surface area contributed by atoms with E-state index < -0.39 is 22.7 Å². The monoisotopic (exact) mass is 362 g/mol. The van der Waals surface area contributed by atoms with Crippen LogP contribution in [0, 0.1) is 0 Å². The van der Waals surface area contributed by atoms with Crippen molar-refractivity contribution < 1.29 is 26.7 Å². The van der Waals surface area contributed by atoms with Crippen LogP contribution in [-0.2, 0) is 14.8 Å². The Labute approximate surface area is 139 Å². The van der Waals surface area contributed by atoms with E-state index in [1.807, 2.05) is 0 Å². The molecule has 0 radical (unpaired) electrons. The van der Waals surface area contributed by atoms with Gasteiger partial charge in [-0.05, 0) is 37.5 Å². The van der Waals surface area contributed by atoms with Gasteiger partial charge in [0.2, 0.25) is 15.9 Å². The highest BCUT2D eigenvalue weighted by molar-refractivity contribution is 7.88. The maximum atomic E-state index is 12.4. The van der Waals surface area contributed by atoms with Gasteiger partial charge in [-0.15, -0.1) is 0 Å². The number of benzene rings is 1. The number of carbonyl (C=O) groups excluding carboxylic acids is 1. The molecule has 1 aromatic rings. The van der Waals surface area contributed by atoms with Crippen molar-refractivity contribution in [2.45, 2.75) is 38.5 Å². The third-order valence-electron chi connectivity index (χ3n) is 3.90. The molecule has 1 fully saturated rings. The molecule has 9 heteroatoms. The van der Waals surface area contributed by atoms with E-state index in [1.54, 1.807) is 19.1 Å². The van der Waals surface area contributed by atoms with Gasteiger partial charge in [-0.3, -0.25) is 4.79 Å². The number of carbonyl (C=O) groups is 1. The molecule has 0 unspecified atom stereocenters. The molecule has 2 atom stereocenters. The summed E-state index contributed by atoms with van der Waals surface area (Å²) in [5.74, 6) is -0.329. The van der Waals surface area contributed by atoms with Gasteiger partial charge in [-0.2, -0.15) is 13.1 Å². The van der Waals surface area contributed by atoms with Crippen molar-refractivity contribution in [2.75, 3.05) is 12.8 Å². The quantitative estimate of drug-likeness (QED) is 0.839. The largest absolute Gasteiger partial charge is 0.435 e. The van der Waals surface area contributed by atoms with Crippen molar-refractivity contribution in [1.82, 2.24) is 9.62 Å². The molecule has 134 valence electrons. The van der Waals surface area contributed by atoms with E-state index >= 15 is 0 Å². The second kappa shape index (κ2) is 7.43. The number of halogens is 2. The third kappa shape index (κ3) is 4.64. The summed E-state index contributed by atoms with van der Waals surface area (Å²) in [6.45, 7) is -0.816. The molecule has 1 amide bonds. The molecule has 1 aliphatic heterocycles. The number of hydrogen-bond acceptors (Lipinski definition) is 4. The number of amides is 1. The standard InChI is InChI=1S/C15H20F2N2O4S/c1-10(11-5-7-12(8-6-11)23-15(16)17)18-14(20)13-4-3-9-19(13)24(2,21)22/h5-8,10,13,15H,3-4,9H2,1-2H3,(H,18,20)/t10-,13-/m0/s1. The highest BCUT2D eigenvalue weighted by Crippen LogP contribution is 2.23. The predicted octanol–water partition coefficient (Wildman–Crippen LogP) is 1.89. The predicted molar refractivity (Wildman–Crippen MR) is 84.2 cm³/mol. The molecular weight excluding hydrogens is 342 g/mol. The van der Waals surface area contributed by atoms with Gasteiger partial charge in [0, 0.05) is 6.54 Å². The van der Waals surface area contributed by atoms with Crippen LogP contribution in [0.3, 0.4) is 0 Å². The van der Waals surface area contributed by atoms with Crippen molar-refractivity contribution in [3.63, 3.8) is 0 Å². The van der Waals surface area contributed by atoms with E-state index in [4.69, 9.17) is 0 Å². The van der Waals surface area contributed by atoms with Gasteiger partial charge in [-0.1, -0.05) is 12.1 Å². The number of rotatable bonds is 6. The van der Waals surface area contributed by atoms with Crippen LogP contribution in [0.25, 0.3) is 0 Å². The molecule has 0 aromatic heterocycles. The Kier molecular flexibility index (Phi) is 5.76. The van der Waals surface area contributed by atoms with E-state index in [2.05, 4.69) is 10.1 Å². The molecule has 6 nitrogen and oxygen atoms in total. The molecule has 1 heterocycles. The van der Waals surface area contributed by atoms with Gasteiger partial charge in [0.15, 0.2) is 0 Å². The van der Waals surface area contributed by atoms with Gasteiger partial charge < -0.3 is 10.1 Å². The fourth-order valence-electron chi connectivity index (χ4n) is 2.73. The summed E-state index contributed by atoms with van der Waals surface area (Å²) in [4.78, 5) is 12.4. The highest BCUT2D eigenvalue weighted by atomic mass is 32.2. The Bertz CT molecular complexity index is 679. The summed E-state index contributed by atoms with van der Waals surface area (Å²) in [5.41, 5.74) is 0.703. The fourth-order valence-corrected chi connectivity index (χ4v) is 3.85. The van der Waals surface area contributed by atoms with Crippen molar-refractivity contribution in [3.05, 3.63) is 29.8 Å². The van der Waals surface area contributed by atoms with Crippen molar-refractivity contribution in [3.8, 4) is 5.75 Å². The lowest BCUT2D eigenvalue weighted by Gasteiger charge is -2.23. The Morgan fingerprint density at radius 1 is 1.33 bits per heavy atom. The van der Waals surface area contributed by atoms with E-state index in [-0.39, 0.29) is 17.7 Å². The molecule has 1 aliphatic rings. The average molecular weight is 362 g/mol. The molecule has 1 aromatic carbocycles. The minimum atomic E-state index is -3.43. The van der Waals surface area contributed by atoms with Gasteiger partial charge in [0.1, 0.15) is 11.8 Å². The average Bonchev–Trinajstić information content (AvgIpc) is 2.97. The molecule has 1 N–H and O–H groups in total. The van der Waals surface area contributed by atoms with Crippen LogP contribution in [0.5, 0.6) is 5.75 Å². The number of hydrogen-bond donors (Lipinski definition) is 1. The molecule has 0 spiro atoms. The molecule has 0 bridgehead atoms. The van der Waals surface area contributed by atoms with Crippen LogP contribution in [0.4, 0.5) is 8.78 Å². The van der Waals surface area contributed by atoms with Crippen LogP contribution < -0.4 is 10.1 Å². The minimum absolute atomic E-state index is 0.0336. The van der Waals surface area contributed by atoms with Crippen molar-refractivity contribution in [2.24, 2.45) is 0 Å². The van der Waals surface area contributed by atoms with Gasteiger partial charge >= 0.3 is 6.61 Å². The third-order valence-corrected chi connectivity index (χ3v) is 5.19. The summed E-state index contributed by atoms with van der Waals surface area (Å²) >= 11 is 0. The van der Waals surface area contributed by atoms with Crippen LogP contribution in [0.15, 0.2) is 24.3 Å². The van der Waals surface area contributed by atoms with Gasteiger partial charge in [0.05, 0.1) is 12.3 Å². The number of nitrogens with zero attached hydrogens (tertiary/aromatic N) is 1. The molecule has 0 aliphatic carbocycles. The topological polar surface area (TPSA) is 75.7 Å². The smallest absolute Gasteiger partial charge is 0.387 e. The number of alkyl halides is 2. The van der Waals surface area contributed by atoms with E-state index in [1.165, 1.54) is 16.4 Å². The van der Waals surface area contributed by atoms with E-state index in [0.717, 1.165) is 6.26 Å². The zero-order valence-electron chi connectivity index (χ0n) is 13.4. The SMILES string of the molecule is C[C@H](NC(=O)[C@@H]1CCCN1S(C)(=O)=O)c1ccc(OC(F)F)cc1. The molecular formula is C15H20F2N2O4S. The van der Waals surface area contributed by atoms with E-state index in [0.29, 0.717) is 24.9 Å². The first-order valence-corrected chi connectivity index (χ1v) is 9.35. The Morgan fingerprint density at radius 2 is 1.96 bits per heavy atom. The summed E-state index contributed by atoms with van der Waals surface area (Å²) in [6, 6.07) is 4.84. The molecule has 1 saturated heterocycles. The first-order chi connectivity index (χ1) is 11.2. The van der Waals surface area contributed by atoms with Crippen molar-refractivity contribution in [1.29, 1.82) is 0 Å². The molecule has 2 rings (SSSR count). The summed E-state index contributed by atoms with van der Waals surface area (Å²) in [7, 11) is -3.43. The second-order valence-electron chi connectivity index (χ2n) is 5.71. The fraction of sp³-hybridized carbons (Fsp3) is 0.533. The van der Waals surface area contributed by atoms with Crippen LogP contribution in [-0.4, -0.2) is 44.1 Å². The first-order valence-electron chi connectivity index (χ1n) is 7.50. The van der Waals surface area contributed by atoms with Crippen LogP contribution in [0.1, 0.15) is 31.4 Å². The summed E-state index contributed by atoms with van der Waals surface area (Å²) in [6.07, 6.45) is 2.20. The maximum absolute atomic E-state index is 12.4. The summed E-state index contributed by atoms with van der Waals surface area (Å²) < 4.78 is 53.1. The van der Waals surface area contributed by atoms with Gasteiger partial charge in [0.25, 0.3) is 0 Å². The molecule has 0 saturated carbocycles. The Hall–Kier alpha value is -1.74. The number of sulfonamides is 1. The zero-order chi connectivity index (χ0) is 17.9. The first kappa shape index (κ1) is 18.6. The minimum Gasteiger partial charge on any atom is -0.435 e. The normalized spacial score (nSPS) is 20.1.